The molecule has 2 heteroatoms. The molecule has 1 aliphatic rings. The average molecular weight is 288 g/mol. The first-order chi connectivity index (χ1) is 10.2. The molecule has 118 valence electrons. The highest BCUT2D eigenvalue weighted by molar-refractivity contribution is 5.25. The van der Waals surface area contributed by atoms with E-state index in [0.717, 1.165) is 19.0 Å². The van der Waals surface area contributed by atoms with Crippen molar-refractivity contribution in [3.63, 3.8) is 0 Å². The summed E-state index contributed by atoms with van der Waals surface area (Å²) in [5, 5.41) is 3.72. The maximum atomic E-state index is 3.72. The second-order valence-electron chi connectivity index (χ2n) is 6.66. The fourth-order valence-electron chi connectivity index (χ4n) is 2.94. The molecule has 2 nitrogen and oxygen atoms in total. The average Bonchev–Trinajstić information content (AvgIpc) is 3.28. The lowest BCUT2D eigenvalue weighted by molar-refractivity contribution is 0.280. The SMILES string of the molecule is CCCNC(CN(C)CC1CC1)c1ccc(CCC)cc1. The number of aryl methyl sites for hydroxylation is 1. The van der Waals surface area contributed by atoms with E-state index in [4.69, 9.17) is 0 Å². The van der Waals surface area contributed by atoms with Crippen LogP contribution in [0, 0.1) is 5.92 Å². The van der Waals surface area contributed by atoms with Gasteiger partial charge in [0.25, 0.3) is 0 Å². The van der Waals surface area contributed by atoms with Crippen LogP contribution in [0.5, 0.6) is 0 Å². The summed E-state index contributed by atoms with van der Waals surface area (Å²) in [4.78, 5) is 2.50. The number of benzene rings is 1. The number of rotatable bonds is 10. The Kier molecular flexibility index (Phi) is 6.72. The van der Waals surface area contributed by atoms with E-state index in [1.807, 2.05) is 0 Å². The van der Waals surface area contributed by atoms with Gasteiger partial charge in [0.1, 0.15) is 0 Å². The highest BCUT2D eigenvalue weighted by Gasteiger charge is 2.24. The zero-order valence-corrected chi connectivity index (χ0v) is 14.1. The molecule has 0 radical (unpaired) electrons. The van der Waals surface area contributed by atoms with Gasteiger partial charge in [0.2, 0.25) is 0 Å². The topological polar surface area (TPSA) is 15.3 Å². The minimum absolute atomic E-state index is 0.462. The van der Waals surface area contributed by atoms with Gasteiger partial charge in [-0.15, -0.1) is 0 Å². The van der Waals surface area contributed by atoms with Crippen molar-refractivity contribution in [3.05, 3.63) is 35.4 Å². The molecule has 1 N–H and O–H groups in total. The molecular weight excluding hydrogens is 256 g/mol. The molecule has 1 fully saturated rings. The standard InChI is InChI=1S/C19H32N2/c1-4-6-16-9-11-18(12-10-16)19(20-13-5-2)15-21(3)14-17-7-8-17/h9-12,17,19-20H,4-8,13-15H2,1-3H3. The van der Waals surface area contributed by atoms with Gasteiger partial charge in [-0.1, -0.05) is 44.5 Å². The molecule has 0 amide bonds. The number of hydrogen-bond acceptors (Lipinski definition) is 2. The Hall–Kier alpha value is -0.860. The van der Waals surface area contributed by atoms with Gasteiger partial charge in [-0.3, -0.25) is 0 Å². The van der Waals surface area contributed by atoms with Crippen LogP contribution in [-0.2, 0) is 6.42 Å². The van der Waals surface area contributed by atoms with Crippen LogP contribution in [-0.4, -0.2) is 31.6 Å². The summed E-state index contributed by atoms with van der Waals surface area (Å²) in [7, 11) is 2.27. The highest BCUT2D eigenvalue weighted by atomic mass is 15.1. The van der Waals surface area contributed by atoms with Crippen LogP contribution < -0.4 is 5.32 Å². The molecule has 1 aliphatic carbocycles. The zero-order valence-electron chi connectivity index (χ0n) is 14.1. The normalized spacial score (nSPS) is 16.4. The molecule has 0 bridgehead atoms. The van der Waals surface area contributed by atoms with E-state index in [1.54, 1.807) is 0 Å². The third-order valence-corrected chi connectivity index (χ3v) is 4.32. The summed E-state index contributed by atoms with van der Waals surface area (Å²) in [6, 6.07) is 9.72. The maximum absolute atomic E-state index is 3.72. The van der Waals surface area contributed by atoms with Crippen molar-refractivity contribution in [2.24, 2.45) is 5.92 Å². The van der Waals surface area contributed by atoms with Crippen molar-refractivity contribution in [2.75, 3.05) is 26.7 Å². The Morgan fingerprint density at radius 1 is 1.14 bits per heavy atom. The summed E-state index contributed by atoms with van der Waals surface area (Å²) < 4.78 is 0. The number of nitrogens with zero attached hydrogens (tertiary/aromatic N) is 1. The van der Waals surface area contributed by atoms with Crippen LogP contribution >= 0.6 is 0 Å². The van der Waals surface area contributed by atoms with Crippen LogP contribution in [0.4, 0.5) is 0 Å². The predicted molar refractivity (Wildman–Crippen MR) is 91.7 cm³/mol. The van der Waals surface area contributed by atoms with Crippen molar-refractivity contribution >= 4 is 0 Å². The summed E-state index contributed by atoms with van der Waals surface area (Å²) in [5.74, 6) is 0.966. The highest BCUT2D eigenvalue weighted by Crippen LogP contribution is 2.29. The smallest absolute Gasteiger partial charge is 0.0449 e. The van der Waals surface area contributed by atoms with Gasteiger partial charge < -0.3 is 10.2 Å². The lowest BCUT2D eigenvalue weighted by Gasteiger charge is -2.25. The van der Waals surface area contributed by atoms with Gasteiger partial charge in [-0.2, -0.15) is 0 Å². The van der Waals surface area contributed by atoms with Crippen LogP contribution in [0.3, 0.4) is 0 Å². The summed E-state index contributed by atoms with van der Waals surface area (Å²) in [5.41, 5.74) is 2.90. The first-order valence-electron chi connectivity index (χ1n) is 8.73. The number of hydrogen-bond donors (Lipinski definition) is 1. The Balaban J connectivity index is 1.95. The van der Waals surface area contributed by atoms with Gasteiger partial charge in [-0.05, 0) is 56.3 Å². The molecule has 0 aliphatic heterocycles. The molecule has 0 heterocycles. The van der Waals surface area contributed by atoms with E-state index in [1.165, 1.54) is 49.8 Å². The monoisotopic (exact) mass is 288 g/mol. The Labute approximate surface area is 130 Å². The predicted octanol–water partition coefficient (Wildman–Crippen LogP) is 4.02. The van der Waals surface area contributed by atoms with Crippen LogP contribution in [0.25, 0.3) is 0 Å². The van der Waals surface area contributed by atoms with Gasteiger partial charge >= 0.3 is 0 Å². The van der Waals surface area contributed by atoms with Crippen molar-refractivity contribution in [1.29, 1.82) is 0 Å². The van der Waals surface area contributed by atoms with Crippen LogP contribution in [0.1, 0.15) is 56.7 Å². The minimum Gasteiger partial charge on any atom is -0.309 e. The van der Waals surface area contributed by atoms with E-state index >= 15 is 0 Å². The molecule has 0 spiro atoms. The molecule has 1 aromatic carbocycles. The van der Waals surface area contributed by atoms with E-state index in [0.29, 0.717) is 6.04 Å². The molecule has 1 atom stereocenters. The summed E-state index contributed by atoms with van der Waals surface area (Å²) in [6.07, 6.45) is 6.47. The zero-order chi connectivity index (χ0) is 15.1. The molecule has 0 saturated heterocycles. The van der Waals surface area contributed by atoms with Gasteiger partial charge in [-0.25, -0.2) is 0 Å². The van der Waals surface area contributed by atoms with Crippen molar-refractivity contribution < 1.29 is 0 Å². The summed E-state index contributed by atoms with van der Waals surface area (Å²) in [6.45, 7) is 7.95. The molecule has 21 heavy (non-hydrogen) atoms. The van der Waals surface area contributed by atoms with Crippen LogP contribution in [0.15, 0.2) is 24.3 Å². The molecule has 1 aromatic rings. The van der Waals surface area contributed by atoms with Crippen LogP contribution in [0.2, 0.25) is 0 Å². The number of nitrogens with one attached hydrogen (secondary N) is 1. The van der Waals surface area contributed by atoms with Crippen molar-refractivity contribution in [3.8, 4) is 0 Å². The third-order valence-electron chi connectivity index (χ3n) is 4.32. The van der Waals surface area contributed by atoms with E-state index < -0.39 is 0 Å². The van der Waals surface area contributed by atoms with E-state index in [2.05, 4.69) is 55.4 Å². The first kappa shape index (κ1) is 16.5. The van der Waals surface area contributed by atoms with Crippen molar-refractivity contribution in [2.45, 2.75) is 52.0 Å². The molecule has 0 aromatic heterocycles. The lowest BCUT2D eigenvalue weighted by atomic mass is 10.0. The second-order valence-corrected chi connectivity index (χ2v) is 6.66. The summed E-state index contributed by atoms with van der Waals surface area (Å²) >= 11 is 0. The van der Waals surface area contributed by atoms with Gasteiger partial charge in [0.05, 0.1) is 0 Å². The molecule has 1 unspecified atom stereocenters. The Morgan fingerprint density at radius 3 is 2.43 bits per heavy atom. The largest absolute Gasteiger partial charge is 0.309 e. The molecule has 2 rings (SSSR count). The number of likely N-dealkylation sites (N-methyl/N-ethyl adjacent to an activating group) is 1. The molecule has 1 saturated carbocycles. The van der Waals surface area contributed by atoms with E-state index in [9.17, 15) is 0 Å². The molecular formula is C19H32N2. The van der Waals surface area contributed by atoms with Gasteiger partial charge in [0.15, 0.2) is 0 Å². The Morgan fingerprint density at radius 2 is 1.86 bits per heavy atom. The fraction of sp³-hybridized carbons (Fsp3) is 0.684. The minimum atomic E-state index is 0.462. The quantitative estimate of drug-likeness (QED) is 0.699. The van der Waals surface area contributed by atoms with E-state index in [-0.39, 0.29) is 0 Å². The lowest BCUT2D eigenvalue weighted by Crippen LogP contribution is -2.34. The Bertz CT molecular complexity index is 395. The maximum Gasteiger partial charge on any atom is 0.0449 e. The third kappa shape index (κ3) is 5.80. The van der Waals surface area contributed by atoms with Crippen molar-refractivity contribution in [1.82, 2.24) is 10.2 Å². The van der Waals surface area contributed by atoms with Gasteiger partial charge in [0, 0.05) is 19.1 Å². The first-order valence-corrected chi connectivity index (χ1v) is 8.73. The fourth-order valence-corrected chi connectivity index (χ4v) is 2.94. The second kappa shape index (κ2) is 8.55.